The van der Waals surface area contributed by atoms with Gasteiger partial charge in [0.25, 0.3) is 0 Å². The molecule has 0 unspecified atom stereocenters. The van der Waals surface area contributed by atoms with E-state index in [-0.39, 0.29) is 31.1 Å². The molecule has 0 N–H and O–H groups in total. The lowest BCUT2D eigenvalue weighted by atomic mass is 10.2. The van der Waals surface area contributed by atoms with Crippen LogP contribution in [-0.2, 0) is 14.8 Å². The molecule has 1 aliphatic heterocycles. The van der Waals surface area contributed by atoms with Gasteiger partial charge in [-0.15, -0.1) is 0 Å². The standard InChI is InChI=1S/C14H16F4N2O3S/c1-10-2-3-11(8-12(10)15)24(22,23)20-6-4-19(5-7-20)13(21)9-14(16,17)18/h2-3,8H,4-7,9H2,1H3. The van der Waals surface area contributed by atoms with E-state index in [9.17, 15) is 30.8 Å². The summed E-state index contributed by atoms with van der Waals surface area (Å²) in [7, 11) is -3.95. The summed E-state index contributed by atoms with van der Waals surface area (Å²) < 4.78 is 76.1. The van der Waals surface area contributed by atoms with Crippen LogP contribution < -0.4 is 0 Å². The van der Waals surface area contributed by atoms with Gasteiger partial charge in [0.15, 0.2) is 0 Å². The van der Waals surface area contributed by atoms with E-state index in [1.165, 1.54) is 19.1 Å². The Bertz CT molecular complexity index is 726. The first-order valence-electron chi connectivity index (χ1n) is 7.11. The fraction of sp³-hybridized carbons (Fsp3) is 0.500. The molecular formula is C14H16F4N2O3S. The summed E-state index contributed by atoms with van der Waals surface area (Å²) in [5.41, 5.74) is 0.302. The molecule has 2 rings (SSSR count). The number of amides is 1. The number of carbonyl (C=O) groups is 1. The van der Waals surface area contributed by atoms with Crippen molar-refractivity contribution >= 4 is 15.9 Å². The Morgan fingerprint density at radius 2 is 1.75 bits per heavy atom. The molecule has 1 aliphatic rings. The third kappa shape index (κ3) is 4.23. The minimum Gasteiger partial charge on any atom is -0.340 e. The summed E-state index contributed by atoms with van der Waals surface area (Å²) in [5, 5.41) is 0. The zero-order chi connectivity index (χ0) is 18.1. The van der Waals surface area contributed by atoms with Crippen molar-refractivity contribution in [2.24, 2.45) is 0 Å². The van der Waals surface area contributed by atoms with Gasteiger partial charge in [-0.3, -0.25) is 4.79 Å². The van der Waals surface area contributed by atoms with Crippen LogP contribution in [0.3, 0.4) is 0 Å². The first kappa shape index (κ1) is 18.7. The lowest BCUT2D eigenvalue weighted by Gasteiger charge is -2.34. The van der Waals surface area contributed by atoms with Crippen molar-refractivity contribution in [1.82, 2.24) is 9.21 Å². The minimum absolute atomic E-state index is 0.136. The summed E-state index contributed by atoms with van der Waals surface area (Å²) >= 11 is 0. The maximum Gasteiger partial charge on any atom is 0.397 e. The van der Waals surface area contributed by atoms with Crippen LogP contribution in [-0.4, -0.2) is 55.9 Å². The van der Waals surface area contributed by atoms with E-state index in [1.54, 1.807) is 0 Å². The molecule has 0 aromatic heterocycles. The Balaban J connectivity index is 2.05. The molecule has 0 saturated carbocycles. The van der Waals surface area contributed by atoms with Crippen molar-refractivity contribution in [3.8, 4) is 0 Å². The van der Waals surface area contributed by atoms with Crippen LogP contribution in [0.25, 0.3) is 0 Å². The third-order valence-corrected chi connectivity index (χ3v) is 5.62. The molecule has 0 atom stereocenters. The van der Waals surface area contributed by atoms with E-state index in [0.29, 0.717) is 5.56 Å². The zero-order valence-electron chi connectivity index (χ0n) is 12.8. The van der Waals surface area contributed by atoms with Gasteiger partial charge in [0.2, 0.25) is 15.9 Å². The Morgan fingerprint density at radius 1 is 1.17 bits per heavy atom. The molecule has 0 radical (unpaired) electrons. The van der Waals surface area contributed by atoms with Crippen molar-refractivity contribution < 1.29 is 30.8 Å². The Kier molecular flexibility index (Phi) is 5.19. The number of rotatable bonds is 3. The summed E-state index contributed by atoms with van der Waals surface area (Å²) in [6.45, 7) is 0.949. The van der Waals surface area contributed by atoms with E-state index in [0.717, 1.165) is 15.3 Å². The molecule has 0 spiro atoms. The maximum absolute atomic E-state index is 13.6. The number of halogens is 4. The number of hydrogen-bond acceptors (Lipinski definition) is 3. The number of hydrogen-bond donors (Lipinski definition) is 0. The minimum atomic E-state index is -4.60. The summed E-state index contributed by atoms with van der Waals surface area (Å²) in [5.74, 6) is -1.74. The van der Waals surface area contributed by atoms with Gasteiger partial charge in [-0.2, -0.15) is 17.5 Å². The fourth-order valence-corrected chi connectivity index (χ4v) is 3.78. The van der Waals surface area contributed by atoms with Crippen LogP contribution in [0.4, 0.5) is 17.6 Å². The molecule has 24 heavy (non-hydrogen) atoms. The van der Waals surface area contributed by atoms with Gasteiger partial charge in [0.05, 0.1) is 4.90 Å². The summed E-state index contributed by atoms with van der Waals surface area (Å²) in [6, 6.07) is 3.52. The second kappa shape index (κ2) is 6.67. The van der Waals surface area contributed by atoms with E-state index < -0.39 is 34.3 Å². The van der Waals surface area contributed by atoms with Crippen LogP contribution in [0.1, 0.15) is 12.0 Å². The number of alkyl halides is 3. The number of benzene rings is 1. The molecule has 10 heteroatoms. The Labute approximate surface area is 136 Å². The lowest BCUT2D eigenvalue weighted by Crippen LogP contribution is -2.51. The van der Waals surface area contributed by atoms with Crippen LogP contribution in [0, 0.1) is 12.7 Å². The van der Waals surface area contributed by atoms with Crippen molar-refractivity contribution in [2.45, 2.75) is 24.4 Å². The van der Waals surface area contributed by atoms with Crippen molar-refractivity contribution in [3.63, 3.8) is 0 Å². The molecule has 1 amide bonds. The molecule has 1 aromatic rings. The number of sulfonamides is 1. The second-order valence-electron chi connectivity index (χ2n) is 5.49. The topological polar surface area (TPSA) is 57.7 Å². The predicted molar refractivity (Wildman–Crippen MR) is 77.1 cm³/mol. The van der Waals surface area contributed by atoms with Crippen molar-refractivity contribution in [3.05, 3.63) is 29.6 Å². The quantitative estimate of drug-likeness (QED) is 0.766. The highest BCUT2D eigenvalue weighted by Crippen LogP contribution is 2.23. The van der Waals surface area contributed by atoms with Crippen LogP contribution in [0.5, 0.6) is 0 Å². The Morgan fingerprint density at radius 3 is 2.25 bits per heavy atom. The number of piperazine rings is 1. The van der Waals surface area contributed by atoms with Gasteiger partial charge in [0.1, 0.15) is 12.2 Å². The molecule has 1 heterocycles. The molecule has 1 aromatic carbocycles. The largest absolute Gasteiger partial charge is 0.397 e. The van der Waals surface area contributed by atoms with Crippen LogP contribution in [0.2, 0.25) is 0 Å². The molecular weight excluding hydrogens is 352 g/mol. The highest BCUT2D eigenvalue weighted by molar-refractivity contribution is 7.89. The average Bonchev–Trinajstić information content (AvgIpc) is 2.48. The third-order valence-electron chi connectivity index (χ3n) is 3.72. The molecule has 0 aliphatic carbocycles. The highest BCUT2D eigenvalue weighted by atomic mass is 32.2. The van der Waals surface area contributed by atoms with Gasteiger partial charge in [-0.05, 0) is 24.6 Å². The van der Waals surface area contributed by atoms with Crippen molar-refractivity contribution in [1.29, 1.82) is 0 Å². The van der Waals surface area contributed by atoms with E-state index in [4.69, 9.17) is 0 Å². The van der Waals surface area contributed by atoms with E-state index in [2.05, 4.69) is 0 Å². The highest BCUT2D eigenvalue weighted by Gasteiger charge is 2.36. The molecule has 5 nitrogen and oxygen atoms in total. The van der Waals surface area contributed by atoms with Gasteiger partial charge in [-0.25, -0.2) is 12.8 Å². The fourth-order valence-electron chi connectivity index (χ4n) is 2.34. The normalized spacial score (nSPS) is 17.1. The number of nitrogens with zero attached hydrogens (tertiary/aromatic N) is 2. The lowest BCUT2D eigenvalue weighted by molar-refractivity contribution is -0.162. The van der Waals surface area contributed by atoms with Gasteiger partial charge in [-0.1, -0.05) is 6.07 Å². The van der Waals surface area contributed by atoms with Crippen molar-refractivity contribution in [2.75, 3.05) is 26.2 Å². The Hall–Kier alpha value is -1.68. The summed E-state index contributed by atoms with van der Waals surface area (Å²) in [4.78, 5) is 12.3. The molecule has 0 bridgehead atoms. The summed E-state index contributed by atoms with van der Waals surface area (Å²) in [6.07, 6.45) is -6.16. The van der Waals surface area contributed by atoms with Gasteiger partial charge >= 0.3 is 6.18 Å². The van der Waals surface area contributed by atoms with E-state index in [1.807, 2.05) is 0 Å². The molecule has 134 valence electrons. The average molecular weight is 368 g/mol. The smallest absolute Gasteiger partial charge is 0.340 e. The van der Waals surface area contributed by atoms with Crippen LogP contribution in [0.15, 0.2) is 23.1 Å². The molecule has 1 saturated heterocycles. The SMILES string of the molecule is Cc1ccc(S(=O)(=O)N2CCN(C(=O)CC(F)(F)F)CC2)cc1F. The van der Waals surface area contributed by atoms with Gasteiger partial charge < -0.3 is 4.90 Å². The second-order valence-corrected chi connectivity index (χ2v) is 7.43. The maximum atomic E-state index is 13.6. The zero-order valence-corrected chi connectivity index (χ0v) is 13.6. The predicted octanol–water partition coefficient (Wildman–Crippen LogP) is 1.92. The van der Waals surface area contributed by atoms with Gasteiger partial charge in [0, 0.05) is 26.2 Å². The van der Waals surface area contributed by atoms with E-state index >= 15 is 0 Å². The monoisotopic (exact) mass is 368 g/mol. The van der Waals surface area contributed by atoms with Crippen LogP contribution >= 0.6 is 0 Å². The number of carbonyl (C=O) groups excluding carboxylic acids is 1. The first-order chi connectivity index (χ1) is 11.0. The molecule has 1 fully saturated rings. The number of aryl methyl sites for hydroxylation is 1. The first-order valence-corrected chi connectivity index (χ1v) is 8.55.